The van der Waals surface area contributed by atoms with Crippen molar-refractivity contribution in [2.75, 3.05) is 35.7 Å². The number of benzene rings is 1. The molecule has 1 aliphatic heterocycles. The van der Waals surface area contributed by atoms with Crippen LogP contribution in [0.15, 0.2) is 46.6 Å². The van der Waals surface area contributed by atoms with Gasteiger partial charge in [0.05, 0.1) is 0 Å². The Morgan fingerprint density at radius 2 is 2.00 bits per heavy atom. The Kier molecular flexibility index (Phi) is 6.98. The zero-order valence-corrected chi connectivity index (χ0v) is 21.0. The summed E-state index contributed by atoms with van der Waals surface area (Å²) in [5.41, 5.74) is 0.823. The number of amides is 1. The fourth-order valence-electron chi connectivity index (χ4n) is 3.93. The standard InChI is InChI=1S/C24H29N7OS2/c1-15-13-26-23(33-15)28-20-12-21(31-11-3-4-18(14-31)25-2)30-24(29-20)34-19-9-7-17(8-10-19)27-22(32)16-5-6-16/h7-10,12-13,16,18,25H,3-6,11,14H2,1-2H3,(H,27,32)(H,26,28,29,30)/t18-/m0/s1. The number of carbonyl (C=O) groups is 1. The van der Waals surface area contributed by atoms with E-state index in [0.29, 0.717) is 11.2 Å². The van der Waals surface area contributed by atoms with E-state index in [1.54, 1.807) is 11.3 Å². The third kappa shape index (κ3) is 5.86. The van der Waals surface area contributed by atoms with E-state index in [1.165, 1.54) is 18.2 Å². The summed E-state index contributed by atoms with van der Waals surface area (Å²) in [6, 6.07) is 10.3. The van der Waals surface area contributed by atoms with Crippen LogP contribution in [0.25, 0.3) is 0 Å². The maximum absolute atomic E-state index is 12.0. The molecule has 0 radical (unpaired) electrons. The summed E-state index contributed by atoms with van der Waals surface area (Å²) >= 11 is 3.12. The van der Waals surface area contributed by atoms with Crippen molar-refractivity contribution in [3.63, 3.8) is 0 Å². The summed E-state index contributed by atoms with van der Waals surface area (Å²) in [4.78, 5) is 30.6. The zero-order chi connectivity index (χ0) is 23.5. The van der Waals surface area contributed by atoms with Crippen molar-refractivity contribution >= 4 is 51.5 Å². The van der Waals surface area contributed by atoms with Crippen LogP contribution in [0.3, 0.4) is 0 Å². The summed E-state index contributed by atoms with van der Waals surface area (Å²) in [7, 11) is 2.02. The predicted octanol–water partition coefficient (Wildman–Crippen LogP) is 4.67. The van der Waals surface area contributed by atoms with Crippen LogP contribution in [0.5, 0.6) is 0 Å². The van der Waals surface area contributed by atoms with Gasteiger partial charge < -0.3 is 20.9 Å². The largest absolute Gasteiger partial charge is 0.355 e. The van der Waals surface area contributed by atoms with Crippen LogP contribution in [-0.2, 0) is 4.79 Å². The van der Waals surface area contributed by atoms with Crippen LogP contribution in [0, 0.1) is 12.8 Å². The van der Waals surface area contributed by atoms with Gasteiger partial charge in [-0.15, -0.1) is 11.3 Å². The molecule has 5 rings (SSSR count). The highest BCUT2D eigenvalue weighted by Crippen LogP contribution is 2.33. The number of hydrogen-bond acceptors (Lipinski definition) is 9. The Morgan fingerprint density at radius 3 is 2.71 bits per heavy atom. The number of nitrogens with zero attached hydrogens (tertiary/aromatic N) is 4. The molecule has 1 amide bonds. The van der Waals surface area contributed by atoms with E-state index in [0.717, 1.165) is 64.6 Å². The maximum atomic E-state index is 12.0. The number of thiazole rings is 1. The Labute approximate surface area is 208 Å². The number of nitrogens with one attached hydrogen (secondary N) is 3. The van der Waals surface area contributed by atoms with E-state index in [9.17, 15) is 4.79 Å². The molecule has 10 heteroatoms. The summed E-state index contributed by atoms with van der Waals surface area (Å²) in [5.74, 6) is 1.96. The second-order valence-corrected chi connectivity index (χ2v) is 11.0. The third-order valence-corrected chi connectivity index (χ3v) is 7.68. The number of likely N-dealkylation sites (N-methyl/N-ethyl adjacent to an activating group) is 1. The van der Waals surface area contributed by atoms with Crippen LogP contribution >= 0.6 is 23.1 Å². The normalized spacial score (nSPS) is 18.1. The molecule has 1 saturated carbocycles. The van der Waals surface area contributed by atoms with Gasteiger partial charge in [-0.05, 0) is 75.7 Å². The monoisotopic (exact) mass is 495 g/mol. The average Bonchev–Trinajstić information content (AvgIpc) is 3.62. The van der Waals surface area contributed by atoms with Gasteiger partial charge in [0.1, 0.15) is 11.6 Å². The number of hydrogen-bond donors (Lipinski definition) is 3. The van der Waals surface area contributed by atoms with E-state index in [4.69, 9.17) is 9.97 Å². The quantitative estimate of drug-likeness (QED) is 0.388. The van der Waals surface area contributed by atoms with Gasteiger partial charge in [-0.2, -0.15) is 0 Å². The molecule has 3 aromatic rings. The fourth-order valence-corrected chi connectivity index (χ4v) is 5.37. The summed E-state index contributed by atoms with van der Waals surface area (Å²) < 4.78 is 0. The Balaban J connectivity index is 1.36. The van der Waals surface area contributed by atoms with Gasteiger partial charge in [-0.3, -0.25) is 4.79 Å². The molecular formula is C24H29N7OS2. The Morgan fingerprint density at radius 1 is 1.18 bits per heavy atom. The number of carbonyl (C=O) groups excluding carboxylic acids is 1. The first-order valence-electron chi connectivity index (χ1n) is 11.7. The minimum Gasteiger partial charge on any atom is -0.355 e. The number of aryl methyl sites for hydroxylation is 1. The Hall–Kier alpha value is -2.69. The van der Waals surface area contributed by atoms with E-state index in [1.807, 2.05) is 50.5 Å². The zero-order valence-electron chi connectivity index (χ0n) is 19.4. The lowest BCUT2D eigenvalue weighted by Crippen LogP contribution is -2.44. The van der Waals surface area contributed by atoms with Gasteiger partial charge in [0.25, 0.3) is 0 Å². The number of anilines is 4. The molecule has 0 spiro atoms. The highest BCUT2D eigenvalue weighted by molar-refractivity contribution is 7.99. The first kappa shape index (κ1) is 23.1. The SMILES string of the molecule is CN[C@H]1CCCN(c2cc(Nc3ncc(C)s3)nc(Sc3ccc(NC(=O)C4CC4)cc3)n2)C1. The minimum absolute atomic E-state index is 0.117. The summed E-state index contributed by atoms with van der Waals surface area (Å²) in [6.07, 6.45) is 6.15. The average molecular weight is 496 g/mol. The lowest BCUT2D eigenvalue weighted by atomic mass is 10.1. The molecule has 1 aromatic carbocycles. The highest BCUT2D eigenvalue weighted by Gasteiger charge is 2.29. The Bertz CT molecular complexity index is 1150. The predicted molar refractivity (Wildman–Crippen MR) is 138 cm³/mol. The minimum atomic E-state index is 0.117. The van der Waals surface area contributed by atoms with Crippen molar-refractivity contribution in [1.29, 1.82) is 0 Å². The molecule has 8 nitrogen and oxygen atoms in total. The first-order valence-corrected chi connectivity index (χ1v) is 13.3. The molecule has 2 aliphatic rings. The topological polar surface area (TPSA) is 95.1 Å². The van der Waals surface area contributed by atoms with Gasteiger partial charge in [0.2, 0.25) is 5.91 Å². The molecule has 1 saturated heterocycles. The summed E-state index contributed by atoms with van der Waals surface area (Å²) in [6.45, 7) is 3.94. The van der Waals surface area contributed by atoms with Crippen LogP contribution in [0.1, 0.15) is 30.6 Å². The fraction of sp³-hybridized carbons (Fsp3) is 0.417. The van der Waals surface area contributed by atoms with Crippen LogP contribution in [-0.4, -0.2) is 47.0 Å². The lowest BCUT2D eigenvalue weighted by Gasteiger charge is -2.33. The van der Waals surface area contributed by atoms with Crippen molar-refractivity contribution in [3.05, 3.63) is 41.4 Å². The number of aromatic nitrogens is 3. The second kappa shape index (κ2) is 10.3. The maximum Gasteiger partial charge on any atom is 0.227 e. The van der Waals surface area contributed by atoms with Gasteiger partial charge >= 0.3 is 0 Å². The van der Waals surface area contributed by atoms with Crippen molar-refractivity contribution in [2.45, 2.75) is 48.7 Å². The number of rotatable bonds is 8. The second-order valence-electron chi connectivity index (χ2n) is 8.76. The van der Waals surface area contributed by atoms with Crippen LogP contribution in [0.4, 0.5) is 22.5 Å². The highest BCUT2D eigenvalue weighted by atomic mass is 32.2. The molecule has 1 aliphatic carbocycles. The molecule has 0 bridgehead atoms. The van der Waals surface area contributed by atoms with Gasteiger partial charge in [-0.1, -0.05) is 0 Å². The van der Waals surface area contributed by atoms with Gasteiger partial charge in [0.15, 0.2) is 10.3 Å². The lowest BCUT2D eigenvalue weighted by molar-refractivity contribution is -0.117. The van der Waals surface area contributed by atoms with E-state index in [-0.39, 0.29) is 11.8 Å². The molecule has 34 heavy (non-hydrogen) atoms. The van der Waals surface area contributed by atoms with Gasteiger partial charge in [0, 0.05) is 52.8 Å². The third-order valence-electron chi connectivity index (χ3n) is 5.98. The van der Waals surface area contributed by atoms with Crippen LogP contribution < -0.4 is 20.9 Å². The molecule has 2 fully saturated rings. The molecule has 2 aromatic heterocycles. The number of piperidine rings is 1. The van der Waals surface area contributed by atoms with Gasteiger partial charge in [-0.25, -0.2) is 15.0 Å². The summed E-state index contributed by atoms with van der Waals surface area (Å²) in [5, 5.41) is 11.2. The van der Waals surface area contributed by atoms with Crippen LogP contribution in [0.2, 0.25) is 0 Å². The van der Waals surface area contributed by atoms with Crippen molar-refractivity contribution in [1.82, 2.24) is 20.3 Å². The van der Waals surface area contributed by atoms with Crippen molar-refractivity contribution in [3.8, 4) is 0 Å². The van der Waals surface area contributed by atoms with Crippen molar-refractivity contribution in [2.24, 2.45) is 5.92 Å². The molecule has 178 valence electrons. The molecular weight excluding hydrogens is 466 g/mol. The molecule has 3 N–H and O–H groups in total. The van der Waals surface area contributed by atoms with E-state index in [2.05, 4.69) is 25.8 Å². The first-order chi connectivity index (χ1) is 16.6. The van der Waals surface area contributed by atoms with E-state index >= 15 is 0 Å². The molecule has 1 atom stereocenters. The smallest absolute Gasteiger partial charge is 0.227 e. The molecule has 0 unspecified atom stereocenters. The van der Waals surface area contributed by atoms with E-state index < -0.39 is 0 Å². The molecule has 3 heterocycles. The van der Waals surface area contributed by atoms with Crippen molar-refractivity contribution < 1.29 is 4.79 Å².